The Morgan fingerprint density at radius 1 is 1.21 bits per heavy atom. The molecule has 0 fully saturated rings. The minimum absolute atomic E-state index is 0.180. The Bertz CT molecular complexity index is 742. The third-order valence-electron chi connectivity index (χ3n) is 3.37. The monoisotopic (exact) mass is 321 g/mol. The van der Waals surface area contributed by atoms with Gasteiger partial charge in [0.1, 0.15) is 0 Å². The molecule has 24 heavy (non-hydrogen) atoms. The van der Waals surface area contributed by atoms with E-state index in [0.717, 1.165) is 5.56 Å². The topological polar surface area (TPSA) is 74.5 Å². The highest BCUT2D eigenvalue weighted by atomic mass is 16.6. The first-order valence-corrected chi connectivity index (χ1v) is 7.64. The first-order valence-electron chi connectivity index (χ1n) is 7.64. The van der Waals surface area contributed by atoms with Crippen molar-refractivity contribution >= 4 is 17.8 Å². The molecule has 0 atom stereocenters. The molecular weight excluding hydrogens is 302 g/mol. The number of rotatable bonds is 6. The quantitative estimate of drug-likeness (QED) is 0.651. The number of hydrogen-bond acceptors (Lipinski definition) is 4. The molecule has 0 unspecified atom stereocenters. The van der Waals surface area contributed by atoms with Gasteiger partial charge in [0.2, 0.25) is 0 Å². The molecular formula is C19H19N3O2. The smallest absolute Gasteiger partial charge is 0.265 e. The van der Waals surface area contributed by atoms with Crippen molar-refractivity contribution in [3.63, 3.8) is 0 Å². The van der Waals surface area contributed by atoms with Gasteiger partial charge in [-0.1, -0.05) is 43.3 Å². The maximum Gasteiger partial charge on any atom is 0.265 e. The van der Waals surface area contributed by atoms with E-state index in [0.29, 0.717) is 17.2 Å². The van der Waals surface area contributed by atoms with E-state index in [2.05, 4.69) is 24.3 Å². The summed E-state index contributed by atoms with van der Waals surface area (Å²) in [6.45, 7) is 4.10. The van der Waals surface area contributed by atoms with Crippen molar-refractivity contribution in [1.82, 2.24) is 0 Å². The molecule has 5 nitrogen and oxygen atoms in total. The van der Waals surface area contributed by atoms with Crippen molar-refractivity contribution in [2.45, 2.75) is 19.8 Å². The molecule has 0 spiro atoms. The van der Waals surface area contributed by atoms with Crippen molar-refractivity contribution in [3.05, 3.63) is 65.2 Å². The van der Waals surface area contributed by atoms with E-state index >= 15 is 0 Å². The lowest BCUT2D eigenvalue weighted by Crippen LogP contribution is -2.16. The SMILES string of the molecule is CC(C)c1ccc(/C=N\OCC(=O)Nc2ccc(C#N)cc2)cc1. The number of carbonyl (C=O) groups excluding carboxylic acids is 1. The second kappa shape index (κ2) is 8.49. The summed E-state index contributed by atoms with van der Waals surface area (Å²) in [5, 5.41) is 15.2. The lowest BCUT2D eigenvalue weighted by molar-refractivity contribution is -0.120. The third-order valence-corrected chi connectivity index (χ3v) is 3.37. The Balaban J connectivity index is 1.78. The molecule has 1 N–H and O–H groups in total. The third kappa shape index (κ3) is 5.25. The summed E-state index contributed by atoms with van der Waals surface area (Å²) in [6, 6.07) is 16.6. The Labute approximate surface area is 141 Å². The Morgan fingerprint density at radius 3 is 2.46 bits per heavy atom. The molecule has 2 rings (SSSR count). The van der Waals surface area contributed by atoms with Gasteiger partial charge in [-0.25, -0.2) is 0 Å². The lowest BCUT2D eigenvalue weighted by Gasteiger charge is -2.05. The van der Waals surface area contributed by atoms with Crippen LogP contribution in [0.5, 0.6) is 0 Å². The highest BCUT2D eigenvalue weighted by molar-refractivity contribution is 5.91. The molecule has 0 bridgehead atoms. The van der Waals surface area contributed by atoms with Gasteiger partial charge in [0, 0.05) is 5.69 Å². The van der Waals surface area contributed by atoms with E-state index < -0.39 is 0 Å². The maximum atomic E-state index is 11.7. The molecule has 0 saturated carbocycles. The molecule has 122 valence electrons. The van der Waals surface area contributed by atoms with Gasteiger partial charge < -0.3 is 10.2 Å². The van der Waals surface area contributed by atoms with Crippen molar-refractivity contribution < 1.29 is 9.63 Å². The van der Waals surface area contributed by atoms with E-state index in [4.69, 9.17) is 10.1 Å². The van der Waals surface area contributed by atoms with Crippen LogP contribution in [0.2, 0.25) is 0 Å². The van der Waals surface area contributed by atoms with Crippen LogP contribution in [0.1, 0.15) is 36.5 Å². The van der Waals surface area contributed by atoms with Crippen LogP contribution in [0.3, 0.4) is 0 Å². The maximum absolute atomic E-state index is 11.7. The van der Waals surface area contributed by atoms with E-state index in [1.807, 2.05) is 30.3 Å². The van der Waals surface area contributed by atoms with Gasteiger partial charge in [0.15, 0.2) is 6.61 Å². The van der Waals surface area contributed by atoms with Crippen LogP contribution in [0.25, 0.3) is 0 Å². The molecule has 2 aromatic rings. The average molecular weight is 321 g/mol. The van der Waals surface area contributed by atoms with Gasteiger partial charge in [-0.2, -0.15) is 5.26 Å². The van der Waals surface area contributed by atoms with Crippen LogP contribution in [0, 0.1) is 11.3 Å². The lowest BCUT2D eigenvalue weighted by atomic mass is 10.0. The summed E-state index contributed by atoms with van der Waals surface area (Å²) in [4.78, 5) is 16.7. The number of benzene rings is 2. The standard InChI is InChI=1S/C19H19N3O2/c1-14(2)17-7-3-16(4-8-17)12-21-24-13-19(23)22-18-9-5-15(11-20)6-10-18/h3-10,12,14H,13H2,1-2H3,(H,22,23)/b21-12-. The zero-order chi connectivity index (χ0) is 17.4. The fourth-order valence-corrected chi connectivity index (χ4v) is 1.99. The number of nitrogens with one attached hydrogen (secondary N) is 1. The molecule has 0 aromatic heterocycles. The number of carbonyl (C=O) groups is 1. The van der Waals surface area contributed by atoms with E-state index in [-0.39, 0.29) is 12.5 Å². The van der Waals surface area contributed by atoms with Gasteiger partial charge in [-0.3, -0.25) is 4.79 Å². The highest BCUT2D eigenvalue weighted by Gasteiger charge is 2.02. The predicted octanol–water partition coefficient (Wildman–Crippen LogP) is 3.67. The summed E-state index contributed by atoms with van der Waals surface area (Å²) in [5.41, 5.74) is 3.31. The largest absolute Gasteiger partial charge is 0.386 e. The molecule has 2 aromatic carbocycles. The summed E-state index contributed by atoms with van der Waals surface area (Å²) >= 11 is 0. The Kier molecular flexibility index (Phi) is 6.09. The Hall–Kier alpha value is -3.13. The van der Waals surface area contributed by atoms with Gasteiger partial charge in [0.05, 0.1) is 17.8 Å². The number of nitriles is 1. The van der Waals surface area contributed by atoms with Crippen LogP contribution in [0.15, 0.2) is 53.7 Å². The van der Waals surface area contributed by atoms with Crippen molar-refractivity contribution in [2.24, 2.45) is 5.16 Å². The predicted molar refractivity (Wildman–Crippen MR) is 93.9 cm³/mol. The van der Waals surface area contributed by atoms with Crippen molar-refractivity contribution in [3.8, 4) is 6.07 Å². The average Bonchev–Trinajstić information content (AvgIpc) is 2.60. The molecule has 0 aliphatic carbocycles. The zero-order valence-corrected chi connectivity index (χ0v) is 13.7. The number of anilines is 1. The normalized spacial score (nSPS) is 10.6. The van der Waals surface area contributed by atoms with Crippen LogP contribution >= 0.6 is 0 Å². The molecule has 0 aliphatic rings. The van der Waals surface area contributed by atoms with Crippen molar-refractivity contribution in [1.29, 1.82) is 5.26 Å². The van der Waals surface area contributed by atoms with Gasteiger partial charge in [-0.05, 0) is 41.3 Å². The second-order valence-electron chi connectivity index (χ2n) is 5.57. The minimum Gasteiger partial charge on any atom is -0.386 e. The van der Waals surface area contributed by atoms with Gasteiger partial charge >= 0.3 is 0 Å². The fourth-order valence-electron chi connectivity index (χ4n) is 1.99. The van der Waals surface area contributed by atoms with Crippen LogP contribution in [-0.2, 0) is 9.63 Å². The molecule has 0 radical (unpaired) electrons. The van der Waals surface area contributed by atoms with Gasteiger partial charge in [0.25, 0.3) is 5.91 Å². The first kappa shape index (κ1) is 17.2. The summed E-state index contributed by atoms with van der Waals surface area (Å²) in [7, 11) is 0. The van der Waals surface area contributed by atoms with E-state index in [1.54, 1.807) is 30.5 Å². The number of amides is 1. The second-order valence-corrected chi connectivity index (χ2v) is 5.57. The molecule has 0 saturated heterocycles. The molecule has 0 heterocycles. The zero-order valence-electron chi connectivity index (χ0n) is 13.7. The summed E-state index contributed by atoms with van der Waals surface area (Å²) in [6.07, 6.45) is 1.57. The van der Waals surface area contributed by atoms with Crippen LogP contribution < -0.4 is 5.32 Å². The number of nitrogens with zero attached hydrogens (tertiary/aromatic N) is 2. The van der Waals surface area contributed by atoms with E-state index in [9.17, 15) is 4.79 Å². The van der Waals surface area contributed by atoms with Crippen LogP contribution in [0.4, 0.5) is 5.69 Å². The molecule has 5 heteroatoms. The van der Waals surface area contributed by atoms with E-state index in [1.165, 1.54) is 5.56 Å². The van der Waals surface area contributed by atoms with Crippen LogP contribution in [-0.4, -0.2) is 18.7 Å². The van der Waals surface area contributed by atoms with Gasteiger partial charge in [-0.15, -0.1) is 0 Å². The first-order chi connectivity index (χ1) is 11.6. The molecule has 0 aliphatic heterocycles. The fraction of sp³-hybridized carbons (Fsp3) is 0.211. The Morgan fingerprint density at radius 2 is 1.88 bits per heavy atom. The minimum atomic E-state index is -0.313. The number of hydrogen-bond donors (Lipinski definition) is 1. The van der Waals surface area contributed by atoms with Crippen molar-refractivity contribution in [2.75, 3.05) is 11.9 Å². The summed E-state index contributed by atoms with van der Waals surface area (Å²) < 4.78 is 0. The molecule has 1 amide bonds. The highest BCUT2D eigenvalue weighted by Crippen LogP contribution is 2.14. The summed E-state index contributed by atoms with van der Waals surface area (Å²) in [5.74, 6) is 0.171. The number of oxime groups is 1.